The zero-order valence-electron chi connectivity index (χ0n) is 12.0. The Balaban J connectivity index is 1.73. The minimum atomic E-state index is -3.34. The molecule has 1 aromatic rings. The van der Waals surface area contributed by atoms with Crippen molar-refractivity contribution in [1.29, 1.82) is 0 Å². The van der Waals surface area contributed by atoms with Crippen LogP contribution in [0.3, 0.4) is 0 Å². The number of ether oxygens (including phenoxy) is 3. The predicted octanol–water partition coefficient (Wildman–Crippen LogP) is -1.68. The zero-order chi connectivity index (χ0) is 15.9. The van der Waals surface area contributed by atoms with E-state index in [1.54, 1.807) is 0 Å². The molecule has 11 heteroatoms. The molecular weight excluding hydrogens is 316 g/mol. The molecule has 4 atom stereocenters. The average molecular weight is 332 g/mol. The minimum Gasteiger partial charge on any atom is -0.464 e. The highest BCUT2D eigenvalue weighted by Gasteiger charge is 2.49. The number of nitrogens with one attached hydrogen (secondary N) is 1. The lowest BCUT2D eigenvalue weighted by molar-refractivity contribution is 0.0592. The summed E-state index contributed by atoms with van der Waals surface area (Å²) < 4.78 is 42.5. The number of carbonyl (C=O) groups excluding carboxylic acids is 1. The molecule has 0 unspecified atom stereocenters. The van der Waals surface area contributed by atoms with Gasteiger partial charge in [-0.15, -0.1) is 5.10 Å². The Morgan fingerprint density at radius 2 is 2.14 bits per heavy atom. The van der Waals surface area contributed by atoms with Crippen molar-refractivity contribution in [3.63, 3.8) is 0 Å². The van der Waals surface area contributed by atoms with Gasteiger partial charge >= 0.3 is 5.97 Å². The molecule has 0 amide bonds. The van der Waals surface area contributed by atoms with Crippen molar-refractivity contribution in [3.8, 4) is 0 Å². The highest BCUT2D eigenvalue weighted by Crippen LogP contribution is 2.34. The van der Waals surface area contributed by atoms with Crippen LogP contribution in [0.4, 0.5) is 0 Å². The van der Waals surface area contributed by atoms with Gasteiger partial charge in [0.15, 0.2) is 5.69 Å². The smallest absolute Gasteiger partial charge is 0.360 e. The summed E-state index contributed by atoms with van der Waals surface area (Å²) in [7, 11) is -2.08. The standard InChI is InChI=1S/C11H16N4O6S/c1-19-11(16)6-3-15(14-12-6)8-5-21-9-7(4-20-10(8)9)13-22(2,17)18/h3,7-10,13H,4-5H2,1-2H3/t7-,8+,9-,10+/m0/s1. The van der Waals surface area contributed by atoms with Gasteiger partial charge in [0, 0.05) is 0 Å². The van der Waals surface area contributed by atoms with E-state index in [9.17, 15) is 13.2 Å². The summed E-state index contributed by atoms with van der Waals surface area (Å²) in [6, 6.07) is -0.712. The number of esters is 1. The van der Waals surface area contributed by atoms with Gasteiger partial charge in [-0.1, -0.05) is 5.21 Å². The normalized spacial score (nSPS) is 31.2. The molecule has 122 valence electrons. The maximum Gasteiger partial charge on any atom is 0.360 e. The molecule has 1 aromatic heterocycles. The first kappa shape index (κ1) is 15.3. The van der Waals surface area contributed by atoms with E-state index in [0.717, 1.165) is 6.26 Å². The molecule has 0 bridgehead atoms. The Bertz CT molecular complexity index is 674. The summed E-state index contributed by atoms with van der Waals surface area (Å²) in [6.07, 6.45) is 1.80. The van der Waals surface area contributed by atoms with Crippen molar-refractivity contribution in [3.05, 3.63) is 11.9 Å². The van der Waals surface area contributed by atoms with Crippen LogP contribution >= 0.6 is 0 Å². The molecular formula is C11H16N4O6S. The highest BCUT2D eigenvalue weighted by molar-refractivity contribution is 7.88. The van der Waals surface area contributed by atoms with Crippen molar-refractivity contribution in [2.75, 3.05) is 26.6 Å². The van der Waals surface area contributed by atoms with Crippen LogP contribution in [0.15, 0.2) is 6.20 Å². The third kappa shape index (κ3) is 2.84. The third-order valence-electron chi connectivity index (χ3n) is 3.64. The average Bonchev–Trinajstić information content (AvgIpc) is 3.13. The number of rotatable bonds is 4. The van der Waals surface area contributed by atoms with Crippen LogP contribution in [0, 0.1) is 0 Å². The molecule has 0 spiro atoms. The van der Waals surface area contributed by atoms with Gasteiger partial charge in [-0.2, -0.15) is 0 Å². The fourth-order valence-electron chi connectivity index (χ4n) is 2.72. The SMILES string of the molecule is COC(=O)c1cn([C@@H]2CO[C@@H]3[C@@H]2OC[C@@H]3NS(C)(=O)=O)nn1. The molecule has 0 aromatic carbocycles. The molecule has 0 saturated carbocycles. The number of aromatic nitrogens is 3. The second-order valence-corrected chi connectivity index (χ2v) is 7.02. The summed E-state index contributed by atoms with van der Waals surface area (Å²) >= 11 is 0. The Kier molecular flexibility index (Phi) is 3.89. The highest BCUT2D eigenvalue weighted by atomic mass is 32.2. The molecule has 2 aliphatic rings. The third-order valence-corrected chi connectivity index (χ3v) is 4.37. The topological polar surface area (TPSA) is 122 Å². The van der Waals surface area contributed by atoms with E-state index in [2.05, 4.69) is 19.8 Å². The second kappa shape index (κ2) is 5.57. The van der Waals surface area contributed by atoms with Gasteiger partial charge in [-0.25, -0.2) is 22.6 Å². The van der Waals surface area contributed by atoms with E-state index in [-0.39, 0.29) is 24.4 Å². The van der Waals surface area contributed by atoms with E-state index in [4.69, 9.17) is 9.47 Å². The van der Waals surface area contributed by atoms with Crippen molar-refractivity contribution in [1.82, 2.24) is 19.7 Å². The Morgan fingerprint density at radius 1 is 1.41 bits per heavy atom. The molecule has 10 nitrogen and oxygen atoms in total. The van der Waals surface area contributed by atoms with Gasteiger partial charge in [0.25, 0.3) is 0 Å². The van der Waals surface area contributed by atoms with Crippen LogP contribution in [-0.4, -0.2) is 74.2 Å². The first-order valence-electron chi connectivity index (χ1n) is 6.59. The van der Waals surface area contributed by atoms with Crippen LogP contribution in [0.2, 0.25) is 0 Å². The zero-order valence-corrected chi connectivity index (χ0v) is 12.8. The van der Waals surface area contributed by atoms with Gasteiger partial charge in [-0.3, -0.25) is 0 Å². The van der Waals surface area contributed by atoms with Crippen molar-refractivity contribution in [2.24, 2.45) is 0 Å². The Labute approximate surface area is 126 Å². The van der Waals surface area contributed by atoms with Crippen molar-refractivity contribution >= 4 is 16.0 Å². The quantitative estimate of drug-likeness (QED) is 0.649. The largest absolute Gasteiger partial charge is 0.464 e. The summed E-state index contributed by atoms with van der Waals surface area (Å²) in [5, 5.41) is 7.63. The maximum atomic E-state index is 11.4. The summed E-state index contributed by atoms with van der Waals surface area (Å²) in [5.74, 6) is -0.578. The lowest BCUT2D eigenvalue weighted by Crippen LogP contribution is -2.43. The molecule has 3 rings (SSSR count). The number of sulfonamides is 1. The van der Waals surface area contributed by atoms with Crippen LogP contribution in [0.1, 0.15) is 16.5 Å². The van der Waals surface area contributed by atoms with Crippen molar-refractivity contribution < 1.29 is 27.4 Å². The Morgan fingerprint density at radius 3 is 2.82 bits per heavy atom. The summed E-state index contributed by atoms with van der Waals surface area (Å²) in [4.78, 5) is 11.4. The van der Waals surface area contributed by atoms with Crippen LogP contribution in [0.25, 0.3) is 0 Å². The number of nitrogens with zero attached hydrogens (tertiary/aromatic N) is 3. The van der Waals surface area contributed by atoms with Crippen LogP contribution in [0.5, 0.6) is 0 Å². The summed E-state index contributed by atoms with van der Waals surface area (Å²) in [6.45, 7) is 0.513. The minimum absolute atomic E-state index is 0.0924. The van der Waals surface area contributed by atoms with Gasteiger partial charge < -0.3 is 14.2 Å². The van der Waals surface area contributed by atoms with E-state index < -0.39 is 28.1 Å². The molecule has 2 aliphatic heterocycles. The first-order valence-corrected chi connectivity index (χ1v) is 8.49. The molecule has 1 N–H and O–H groups in total. The first-order chi connectivity index (χ1) is 10.4. The Hall–Kier alpha value is -1.56. The lowest BCUT2D eigenvalue weighted by Gasteiger charge is -2.16. The van der Waals surface area contributed by atoms with Crippen LogP contribution < -0.4 is 4.72 Å². The number of carbonyl (C=O) groups is 1. The molecule has 0 aliphatic carbocycles. The maximum absolute atomic E-state index is 11.4. The lowest BCUT2D eigenvalue weighted by atomic mass is 10.1. The van der Waals surface area contributed by atoms with Gasteiger partial charge in [0.1, 0.15) is 18.2 Å². The van der Waals surface area contributed by atoms with E-state index in [1.807, 2.05) is 0 Å². The van der Waals surface area contributed by atoms with E-state index in [0.29, 0.717) is 6.61 Å². The monoisotopic (exact) mass is 332 g/mol. The number of hydrogen-bond donors (Lipinski definition) is 1. The van der Waals surface area contributed by atoms with E-state index in [1.165, 1.54) is 18.0 Å². The molecule has 2 fully saturated rings. The molecule has 0 radical (unpaired) electrons. The number of hydrogen-bond acceptors (Lipinski definition) is 8. The molecule has 2 saturated heterocycles. The predicted molar refractivity (Wildman–Crippen MR) is 71.6 cm³/mol. The van der Waals surface area contributed by atoms with Gasteiger partial charge in [-0.05, 0) is 0 Å². The van der Waals surface area contributed by atoms with Gasteiger partial charge in [0.05, 0.1) is 38.8 Å². The van der Waals surface area contributed by atoms with Crippen molar-refractivity contribution in [2.45, 2.75) is 24.3 Å². The summed E-state index contributed by atoms with van der Waals surface area (Å²) in [5.41, 5.74) is 0.0924. The molecule has 3 heterocycles. The fourth-order valence-corrected chi connectivity index (χ4v) is 3.47. The number of methoxy groups -OCH3 is 1. The van der Waals surface area contributed by atoms with E-state index >= 15 is 0 Å². The van der Waals surface area contributed by atoms with Crippen LogP contribution in [-0.2, 0) is 24.2 Å². The fraction of sp³-hybridized carbons (Fsp3) is 0.727. The molecule has 22 heavy (non-hydrogen) atoms. The number of fused-ring (bicyclic) bond motifs is 1. The second-order valence-electron chi connectivity index (χ2n) is 5.24. The van der Waals surface area contributed by atoms with Gasteiger partial charge in [0.2, 0.25) is 10.0 Å².